The zero-order valence-corrected chi connectivity index (χ0v) is 13.0. The highest BCUT2D eigenvalue weighted by atomic mass is 35.5. The summed E-state index contributed by atoms with van der Waals surface area (Å²) in [5, 5.41) is 4.52. The molecule has 4 heteroatoms. The highest BCUT2D eigenvalue weighted by Gasteiger charge is 2.38. The summed E-state index contributed by atoms with van der Waals surface area (Å²) in [6, 6.07) is 4.88. The summed E-state index contributed by atoms with van der Waals surface area (Å²) in [6.45, 7) is 3.54. The third kappa shape index (κ3) is 2.92. The fourth-order valence-corrected chi connectivity index (χ4v) is 3.78. The van der Waals surface area contributed by atoms with Gasteiger partial charge in [-0.15, -0.1) is 0 Å². The molecule has 1 N–H and O–H groups in total. The van der Waals surface area contributed by atoms with E-state index in [-0.39, 0.29) is 5.41 Å². The first-order valence-electron chi connectivity index (χ1n) is 7.99. The van der Waals surface area contributed by atoms with Crippen molar-refractivity contribution in [1.82, 2.24) is 5.32 Å². The lowest BCUT2D eigenvalue weighted by Gasteiger charge is -2.29. The molecule has 0 aromatic heterocycles. The lowest BCUT2D eigenvalue weighted by Crippen LogP contribution is -2.37. The molecule has 114 valence electrons. The molecule has 4 rings (SSSR count). The van der Waals surface area contributed by atoms with Gasteiger partial charge in [0.1, 0.15) is 5.75 Å². The molecule has 21 heavy (non-hydrogen) atoms. The van der Waals surface area contributed by atoms with Crippen LogP contribution in [0.1, 0.15) is 30.4 Å². The maximum atomic E-state index is 6.29. The Labute approximate surface area is 131 Å². The minimum absolute atomic E-state index is 0.201. The highest BCUT2D eigenvalue weighted by Crippen LogP contribution is 2.40. The van der Waals surface area contributed by atoms with Crippen molar-refractivity contribution in [3.63, 3.8) is 0 Å². The van der Waals surface area contributed by atoms with Crippen molar-refractivity contribution >= 4 is 11.6 Å². The van der Waals surface area contributed by atoms with Crippen molar-refractivity contribution in [1.29, 1.82) is 0 Å². The van der Waals surface area contributed by atoms with Crippen LogP contribution in [-0.4, -0.2) is 32.4 Å². The van der Waals surface area contributed by atoms with Crippen LogP contribution in [-0.2, 0) is 17.6 Å². The number of halogens is 1. The molecule has 0 radical (unpaired) electrons. The van der Waals surface area contributed by atoms with Crippen molar-refractivity contribution in [3.8, 4) is 5.75 Å². The topological polar surface area (TPSA) is 30.5 Å². The molecular formula is C17H22ClNO2. The minimum atomic E-state index is 0.201. The van der Waals surface area contributed by atoms with Gasteiger partial charge in [-0.25, -0.2) is 0 Å². The van der Waals surface area contributed by atoms with E-state index in [1.54, 1.807) is 0 Å². The van der Waals surface area contributed by atoms with Gasteiger partial charge in [0.05, 0.1) is 13.2 Å². The second kappa shape index (κ2) is 5.45. The molecule has 2 aliphatic heterocycles. The van der Waals surface area contributed by atoms with Crippen LogP contribution in [0, 0.1) is 5.41 Å². The Bertz CT molecular complexity index is 536. The molecule has 1 saturated heterocycles. The Morgan fingerprint density at radius 1 is 1.29 bits per heavy atom. The van der Waals surface area contributed by atoms with Crippen LogP contribution in [0.25, 0.3) is 0 Å². The van der Waals surface area contributed by atoms with E-state index in [9.17, 15) is 0 Å². The Kier molecular flexibility index (Phi) is 3.60. The van der Waals surface area contributed by atoms with E-state index in [4.69, 9.17) is 21.1 Å². The smallest absolute Gasteiger partial charge is 0.125 e. The van der Waals surface area contributed by atoms with Crippen LogP contribution in [0.15, 0.2) is 12.1 Å². The molecule has 0 spiro atoms. The molecule has 1 aromatic carbocycles. The van der Waals surface area contributed by atoms with Crippen LogP contribution < -0.4 is 10.1 Å². The van der Waals surface area contributed by atoms with Crippen molar-refractivity contribution in [2.45, 2.75) is 38.1 Å². The van der Waals surface area contributed by atoms with Crippen molar-refractivity contribution in [2.75, 3.05) is 26.4 Å². The maximum absolute atomic E-state index is 6.29. The van der Waals surface area contributed by atoms with E-state index in [1.165, 1.54) is 24.0 Å². The van der Waals surface area contributed by atoms with Crippen LogP contribution in [0.4, 0.5) is 0 Å². The number of ether oxygens (including phenoxy) is 2. The molecule has 1 saturated carbocycles. The van der Waals surface area contributed by atoms with Gasteiger partial charge in [0, 0.05) is 36.1 Å². The Balaban J connectivity index is 1.57. The van der Waals surface area contributed by atoms with E-state index in [0.29, 0.717) is 0 Å². The number of fused-ring (bicyclic) bond motifs is 1. The molecule has 0 amide bonds. The number of benzene rings is 1. The Morgan fingerprint density at radius 2 is 2.19 bits per heavy atom. The largest absolute Gasteiger partial charge is 0.493 e. The van der Waals surface area contributed by atoms with Crippen LogP contribution in [0.5, 0.6) is 5.75 Å². The summed E-state index contributed by atoms with van der Waals surface area (Å²) >= 11 is 6.29. The average Bonchev–Trinajstić information content (AvgIpc) is 2.97. The lowest BCUT2D eigenvalue weighted by molar-refractivity contribution is 0.148. The van der Waals surface area contributed by atoms with Crippen LogP contribution in [0.3, 0.4) is 0 Å². The molecule has 1 aromatic rings. The number of rotatable bonds is 5. The van der Waals surface area contributed by atoms with E-state index < -0.39 is 0 Å². The molecular weight excluding hydrogens is 286 g/mol. The van der Waals surface area contributed by atoms with E-state index in [1.807, 2.05) is 6.07 Å². The summed E-state index contributed by atoms with van der Waals surface area (Å²) < 4.78 is 11.6. The molecule has 2 heterocycles. The third-order valence-corrected chi connectivity index (χ3v) is 5.14. The molecule has 1 aliphatic carbocycles. The predicted molar refractivity (Wildman–Crippen MR) is 83.2 cm³/mol. The lowest BCUT2D eigenvalue weighted by atomic mass is 9.80. The van der Waals surface area contributed by atoms with Crippen molar-refractivity contribution < 1.29 is 9.47 Å². The first-order chi connectivity index (χ1) is 10.2. The molecule has 1 atom stereocenters. The SMILES string of the molecule is Clc1cc2c(c(CC3(CNC4CC4)CCOC3)c1)OCC2. The fraction of sp³-hybridized carbons (Fsp3) is 0.647. The van der Waals surface area contributed by atoms with Crippen molar-refractivity contribution in [3.05, 3.63) is 28.3 Å². The normalized spacial score (nSPS) is 27.7. The van der Waals surface area contributed by atoms with Gasteiger partial charge in [-0.3, -0.25) is 0 Å². The van der Waals surface area contributed by atoms with Crippen molar-refractivity contribution in [2.24, 2.45) is 5.41 Å². The molecule has 3 nitrogen and oxygen atoms in total. The van der Waals surface area contributed by atoms with Gasteiger partial charge < -0.3 is 14.8 Å². The van der Waals surface area contributed by atoms with Gasteiger partial charge in [-0.2, -0.15) is 0 Å². The van der Waals surface area contributed by atoms with Gasteiger partial charge >= 0.3 is 0 Å². The maximum Gasteiger partial charge on any atom is 0.125 e. The predicted octanol–water partition coefficient (Wildman–Crippen LogP) is 2.98. The second-order valence-corrected chi connectivity index (χ2v) is 7.22. The van der Waals surface area contributed by atoms with Crippen LogP contribution >= 0.6 is 11.6 Å². The Morgan fingerprint density at radius 3 is 2.95 bits per heavy atom. The summed E-state index contributed by atoms with van der Waals surface area (Å²) in [4.78, 5) is 0. The van der Waals surface area contributed by atoms with Gasteiger partial charge in [-0.05, 0) is 48.9 Å². The average molecular weight is 308 g/mol. The number of hydrogen-bond acceptors (Lipinski definition) is 3. The summed E-state index contributed by atoms with van der Waals surface area (Å²) in [5.74, 6) is 1.08. The quantitative estimate of drug-likeness (QED) is 0.907. The zero-order chi connectivity index (χ0) is 14.3. The number of hydrogen-bond donors (Lipinski definition) is 1. The zero-order valence-electron chi connectivity index (χ0n) is 12.3. The Hall–Kier alpha value is -0.770. The summed E-state index contributed by atoms with van der Waals surface area (Å²) in [6.07, 6.45) is 5.75. The van der Waals surface area contributed by atoms with Gasteiger partial charge in [0.25, 0.3) is 0 Å². The highest BCUT2D eigenvalue weighted by molar-refractivity contribution is 6.30. The first-order valence-corrected chi connectivity index (χ1v) is 8.37. The van der Waals surface area contributed by atoms with Gasteiger partial charge in [-0.1, -0.05) is 11.6 Å². The van der Waals surface area contributed by atoms with Gasteiger partial charge in [0.2, 0.25) is 0 Å². The molecule has 2 fully saturated rings. The minimum Gasteiger partial charge on any atom is -0.493 e. The molecule has 0 bridgehead atoms. The summed E-state index contributed by atoms with van der Waals surface area (Å²) in [5.41, 5.74) is 2.73. The van der Waals surface area contributed by atoms with E-state index >= 15 is 0 Å². The second-order valence-electron chi connectivity index (χ2n) is 6.79. The standard InChI is InChI=1S/C17H22ClNO2/c18-14-7-12-3-5-21-16(12)13(8-14)9-17(4-6-20-11-17)10-19-15-1-2-15/h7-8,15,19H,1-6,9-11H2. The first kappa shape index (κ1) is 13.9. The van der Waals surface area contributed by atoms with E-state index in [0.717, 1.165) is 62.4 Å². The van der Waals surface area contributed by atoms with Crippen LogP contribution in [0.2, 0.25) is 5.02 Å². The fourth-order valence-electron chi connectivity index (χ4n) is 3.52. The molecule has 1 unspecified atom stereocenters. The summed E-state index contributed by atoms with van der Waals surface area (Å²) in [7, 11) is 0. The monoisotopic (exact) mass is 307 g/mol. The van der Waals surface area contributed by atoms with E-state index in [2.05, 4.69) is 11.4 Å². The third-order valence-electron chi connectivity index (χ3n) is 4.92. The van der Waals surface area contributed by atoms with Gasteiger partial charge in [0.15, 0.2) is 0 Å². The number of nitrogens with one attached hydrogen (secondary N) is 1. The molecule has 3 aliphatic rings.